The van der Waals surface area contributed by atoms with Crippen LogP contribution >= 0.6 is 21.6 Å². The summed E-state index contributed by atoms with van der Waals surface area (Å²) in [6, 6.07) is 6.06. The Morgan fingerprint density at radius 2 is 1.79 bits per heavy atom. The van der Waals surface area contributed by atoms with E-state index >= 15 is 0 Å². The molecule has 0 saturated carbocycles. The van der Waals surface area contributed by atoms with Crippen LogP contribution < -0.4 is 15.4 Å². The Balaban J connectivity index is 2.64. The highest BCUT2D eigenvalue weighted by molar-refractivity contribution is 8.76. The Labute approximate surface area is 234 Å². The molecule has 0 aliphatic carbocycles. The molecule has 1 aromatic rings. The summed E-state index contributed by atoms with van der Waals surface area (Å²) in [6.45, 7) is 12.0. The summed E-state index contributed by atoms with van der Waals surface area (Å²) in [5.74, 6) is 0.191. The summed E-state index contributed by atoms with van der Waals surface area (Å²) in [5.41, 5.74) is 0.680. The first-order valence-electron chi connectivity index (χ1n) is 12.6. The van der Waals surface area contributed by atoms with Crippen molar-refractivity contribution in [3.8, 4) is 5.75 Å². The van der Waals surface area contributed by atoms with E-state index in [4.69, 9.17) is 14.2 Å². The highest BCUT2D eigenvalue weighted by Gasteiger charge is 2.27. The van der Waals surface area contributed by atoms with Gasteiger partial charge in [-0.25, -0.2) is 4.79 Å². The maximum atomic E-state index is 13.1. The van der Waals surface area contributed by atoms with E-state index in [-0.39, 0.29) is 23.8 Å². The number of benzene rings is 1. The first-order chi connectivity index (χ1) is 17.8. The second-order valence-corrected chi connectivity index (χ2v) is 13.1. The van der Waals surface area contributed by atoms with Gasteiger partial charge >= 0.3 is 11.9 Å². The average Bonchev–Trinajstić information content (AvgIpc) is 2.80. The molecule has 0 bridgehead atoms. The van der Waals surface area contributed by atoms with Crippen LogP contribution in [0.4, 0.5) is 0 Å². The summed E-state index contributed by atoms with van der Waals surface area (Å²) in [6.07, 6.45) is 0.132. The van der Waals surface area contributed by atoms with Gasteiger partial charge in [0.15, 0.2) is 0 Å². The molecule has 0 spiro atoms. The van der Waals surface area contributed by atoms with E-state index in [0.29, 0.717) is 36.6 Å². The lowest BCUT2D eigenvalue weighted by Gasteiger charge is -2.23. The zero-order valence-electron chi connectivity index (χ0n) is 23.5. The lowest BCUT2D eigenvalue weighted by molar-refractivity contribution is -0.146. The molecule has 1 aromatic carbocycles. The smallest absolute Gasteiger partial charge is 0.329 e. The molecule has 0 aliphatic rings. The van der Waals surface area contributed by atoms with Crippen LogP contribution in [-0.4, -0.2) is 61.1 Å². The number of rotatable bonds is 16. The van der Waals surface area contributed by atoms with E-state index in [1.54, 1.807) is 18.2 Å². The van der Waals surface area contributed by atoms with Gasteiger partial charge in [-0.2, -0.15) is 0 Å². The molecule has 38 heavy (non-hydrogen) atoms. The average molecular weight is 571 g/mol. The SMILES string of the molecule is COC(=O)[C@H](CSSCCNC(=O)CC(C)(C)C)NC(=O)[C@H](CC(C)C)OCc1cccc(OC(C)=O)c1. The number of esters is 2. The van der Waals surface area contributed by atoms with Gasteiger partial charge in [-0.05, 0) is 35.4 Å². The maximum absolute atomic E-state index is 13.1. The van der Waals surface area contributed by atoms with Crippen LogP contribution in [0, 0.1) is 11.3 Å². The van der Waals surface area contributed by atoms with Crippen molar-refractivity contribution in [2.75, 3.05) is 25.2 Å². The molecule has 2 amide bonds. The fourth-order valence-corrected chi connectivity index (χ4v) is 5.32. The largest absolute Gasteiger partial charge is 0.467 e. The maximum Gasteiger partial charge on any atom is 0.329 e. The van der Waals surface area contributed by atoms with E-state index in [9.17, 15) is 19.2 Å². The molecule has 0 unspecified atom stereocenters. The van der Waals surface area contributed by atoms with E-state index < -0.39 is 30.0 Å². The zero-order valence-corrected chi connectivity index (χ0v) is 25.1. The third kappa shape index (κ3) is 15.2. The van der Waals surface area contributed by atoms with Crippen LogP contribution in [0.15, 0.2) is 24.3 Å². The topological polar surface area (TPSA) is 120 Å². The highest BCUT2D eigenvalue weighted by atomic mass is 33.1. The van der Waals surface area contributed by atoms with Gasteiger partial charge in [-0.15, -0.1) is 0 Å². The number of nitrogens with one attached hydrogen (secondary N) is 2. The van der Waals surface area contributed by atoms with Crippen molar-refractivity contribution in [2.24, 2.45) is 11.3 Å². The number of carbonyl (C=O) groups excluding carboxylic acids is 4. The first kappa shape index (κ1) is 33.8. The van der Waals surface area contributed by atoms with Crippen molar-refractivity contribution in [3.05, 3.63) is 29.8 Å². The van der Waals surface area contributed by atoms with Gasteiger partial charge in [0, 0.05) is 31.4 Å². The quantitative estimate of drug-likeness (QED) is 0.131. The molecule has 0 radical (unpaired) electrons. The minimum atomic E-state index is -0.842. The van der Waals surface area contributed by atoms with Crippen molar-refractivity contribution >= 4 is 45.3 Å². The fraction of sp³-hybridized carbons (Fsp3) is 0.630. The first-order valence-corrected chi connectivity index (χ1v) is 15.1. The van der Waals surface area contributed by atoms with Crippen LogP contribution in [0.3, 0.4) is 0 Å². The van der Waals surface area contributed by atoms with Gasteiger partial charge in [0.25, 0.3) is 0 Å². The molecule has 214 valence electrons. The van der Waals surface area contributed by atoms with Crippen LogP contribution in [0.5, 0.6) is 5.75 Å². The zero-order chi connectivity index (χ0) is 28.7. The van der Waals surface area contributed by atoms with Crippen molar-refractivity contribution < 1.29 is 33.4 Å². The van der Waals surface area contributed by atoms with Gasteiger partial charge in [-0.3, -0.25) is 14.4 Å². The molecule has 0 aliphatic heterocycles. The van der Waals surface area contributed by atoms with Crippen LogP contribution in [0.2, 0.25) is 0 Å². The monoisotopic (exact) mass is 570 g/mol. The lowest BCUT2D eigenvalue weighted by Crippen LogP contribution is -2.48. The standard InChI is InChI=1S/C27H42N2O7S2/c1-18(2)13-23(35-16-20-9-8-10-21(14-20)36-19(3)30)25(32)29-22(26(33)34-7)17-38-37-12-11-28-24(31)15-27(4,5)6/h8-10,14,18,22-23H,11-13,15-17H2,1-7H3,(H,28,31)(H,29,32)/t22-,23-/m0/s1. The third-order valence-corrected chi connectivity index (χ3v) is 7.32. The van der Waals surface area contributed by atoms with Gasteiger partial charge in [0.2, 0.25) is 11.8 Å². The molecule has 2 N–H and O–H groups in total. The number of methoxy groups -OCH3 is 1. The summed E-state index contributed by atoms with van der Waals surface area (Å²) < 4.78 is 15.9. The normalized spacial score (nSPS) is 12.9. The van der Waals surface area contributed by atoms with Crippen LogP contribution in [0.25, 0.3) is 0 Å². The minimum Gasteiger partial charge on any atom is -0.467 e. The molecule has 9 nitrogen and oxygen atoms in total. The Bertz CT molecular complexity index is 919. The Morgan fingerprint density at radius 3 is 2.39 bits per heavy atom. The second kappa shape index (κ2) is 17.4. The molecule has 0 aromatic heterocycles. The van der Waals surface area contributed by atoms with Crippen molar-refractivity contribution in [2.45, 2.75) is 73.1 Å². The molecule has 0 heterocycles. The predicted molar refractivity (Wildman–Crippen MR) is 152 cm³/mol. The van der Waals surface area contributed by atoms with Crippen molar-refractivity contribution in [1.82, 2.24) is 10.6 Å². The molecule has 0 saturated heterocycles. The van der Waals surface area contributed by atoms with Gasteiger partial charge in [0.1, 0.15) is 17.9 Å². The number of hydrogen-bond donors (Lipinski definition) is 2. The number of amides is 2. The number of carbonyl (C=O) groups is 4. The van der Waals surface area contributed by atoms with Crippen molar-refractivity contribution in [1.29, 1.82) is 0 Å². The molecule has 1 rings (SSSR count). The van der Waals surface area contributed by atoms with Gasteiger partial charge < -0.3 is 24.8 Å². The van der Waals surface area contributed by atoms with E-state index in [0.717, 1.165) is 5.56 Å². The third-order valence-electron chi connectivity index (χ3n) is 4.91. The predicted octanol–water partition coefficient (Wildman–Crippen LogP) is 4.13. The summed E-state index contributed by atoms with van der Waals surface area (Å²) in [4.78, 5) is 48.6. The van der Waals surface area contributed by atoms with Crippen molar-refractivity contribution in [3.63, 3.8) is 0 Å². The molecular formula is C27H42N2O7S2. The summed E-state index contributed by atoms with van der Waals surface area (Å²) in [5, 5.41) is 5.66. The lowest BCUT2D eigenvalue weighted by atomic mass is 9.92. The number of ether oxygens (including phenoxy) is 3. The summed E-state index contributed by atoms with van der Waals surface area (Å²) >= 11 is 0. The van der Waals surface area contributed by atoms with E-state index in [2.05, 4.69) is 10.6 Å². The van der Waals surface area contributed by atoms with E-state index in [1.165, 1.54) is 35.6 Å². The second-order valence-electron chi connectivity index (χ2n) is 10.4. The summed E-state index contributed by atoms with van der Waals surface area (Å²) in [7, 11) is 4.21. The molecule has 11 heteroatoms. The fourth-order valence-electron chi connectivity index (χ4n) is 3.27. The van der Waals surface area contributed by atoms with Gasteiger partial charge in [0.05, 0.1) is 13.7 Å². The van der Waals surface area contributed by atoms with Crippen LogP contribution in [0.1, 0.15) is 59.9 Å². The highest BCUT2D eigenvalue weighted by Crippen LogP contribution is 2.23. The van der Waals surface area contributed by atoms with Gasteiger partial charge in [-0.1, -0.05) is 68.3 Å². The molecular weight excluding hydrogens is 528 g/mol. The van der Waals surface area contributed by atoms with E-state index in [1.807, 2.05) is 40.7 Å². The Kier molecular flexibility index (Phi) is 15.4. The Hall–Kier alpha value is -2.24. The van der Waals surface area contributed by atoms with Crippen LogP contribution in [-0.2, 0) is 35.3 Å². The molecule has 0 fully saturated rings. The minimum absolute atomic E-state index is 0.0112. The Morgan fingerprint density at radius 1 is 1.08 bits per heavy atom. The number of hydrogen-bond acceptors (Lipinski definition) is 9. The molecule has 2 atom stereocenters.